The maximum absolute atomic E-state index is 12.5. The van der Waals surface area contributed by atoms with Crippen molar-refractivity contribution in [1.82, 2.24) is 0 Å². The van der Waals surface area contributed by atoms with Crippen LogP contribution in [0.15, 0.2) is 42.5 Å². The van der Waals surface area contributed by atoms with Gasteiger partial charge in [-0.3, -0.25) is 9.59 Å². The Morgan fingerprint density at radius 3 is 2.60 bits per heavy atom. The zero-order valence-corrected chi connectivity index (χ0v) is 14.2. The van der Waals surface area contributed by atoms with E-state index in [1.807, 2.05) is 38.1 Å². The molecule has 25 heavy (non-hydrogen) atoms. The van der Waals surface area contributed by atoms with Crippen molar-refractivity contribution in [3.63, 3.8) is 0 Å². The highest BCUT2D eigenvalue weighted by molar-refractivity contribution is 6.03. The van der Waals surface area contributed by atoms with E-state index in [9.17, 15) is 9.59 Å². The molecule has 1 atom stereocenters. The molecule has 126 valence electrons. The van der Waals surface area contributed by atoms with Crippen molar-refractivity contribution in [3.05, 3.63) is 59.2 Å². The highest BCUT2D eigenvalue weighted by atomic mass is 16.2. The molecule has 0 unspecified atom stereocenters. The zero-order valence-electron chi connectivity index (χ0n) is 14.2. The Hall–Kier alpha value is -3.13. The second-order valence-electron chi connectivity index (χ2n) is 6.30. The van der Waals surface area contributed by atoms with Crippen LogP contribution >= 0.6 is 0 Å². The van der Waals surface area contributed by atoms with Crippen LogP contribution in [-0.4, -0.2) is 18.4 Å². The molecule has 1 N–H and O–H groups in total. The third-order valence-corrected chi connectivity index (χ3v) is 4.64. The van der Waals surface area contributed by atoms with Crippen LogP contribution < -0.4 is 10.2 Å². The minimum atomic E-state index is -0.386. The first-order chi connectivity index (χ1) is 12.0. The summed E-state index contributed by atoms with van der Waals surface area (Å²) >= 11 is 0. The van der Waals surface area contributed by atoms with Crippen LogP contribution in [0.5, 0.6) is 0 Å². The van der Waals surface area contributed by atoms with Crippen LogP contribution in [-0.2, 0) is 9.59 Å². The lowest BCUT2D eigenvalue weighted by Gasteiger charge is -2.20. The maximum atomic E-state index is 12.5. The quantitative estimate of drug-likeness (QED) is 0.937. The van der Waals surface area contributed by atoms with Gasteiger partial charge in [0.05, 0.1) is 17.6 Å². The summed E-state index contributed by atoms with van der Waals surface area (Å²) in [4.78, 5) is 26.6. The van der Waals surface area contributed by atoms with E-state index in [4.69, 9.17) is 5.26 Å². The molecule has 0 aliphatic carbocycles. The molecule has 1 aliphatic rings. The van der Waals surface area contributed by atoms with Crippen molar-refractivity contribution in [2.75, 3.05) is 16.8 Å². The van der Waals surface area contributed by atoms with Crippen molar-refractivity contribution in [2.24, 2.45) is 5.92 Å². The third-order valence-electron chi connectivity index (χ3n) is 4.64. The Morgan fingerprint density at radius 2 is 1.92 bits per heavy atom. The Bertz CT molecular complexity index is 866. The number of nitriles is 1. The number of rotatable bonds is 3. The molecule has 0 radical (unpaired) electrons. The van der Waals surface area contributed by atoms with Crippen LogP contribution in [0.1, 0.15) is 23.1 Å². The molecule has 5 heteroatoms. The maximum Gasteiger partial charge on any atom is 0.229 e. The SMILES string of the molecule is Cc1cccc(N2C[C@@H](C(=O)Nc3ccc(C#N)cc3)CC2=O)c1C. The number of nitrogens with zero attached hydrogens (tertiary/aromatic N) is 2. The first-order valence-electron chi connectivity index (χ1n) is 8.17. The van der Waals surface area contributed by atoms with E-state index in [1.54, 1.807) is 29.2 Å². The van der Waals surface area contributed by atoms with Crippen LogP contribution in [0.2, 0.25) is 0 Å². The summed E-state index contributed by atoms with van der Waals surface area (Å²) in [5, 5.41) is 11.6. The van der Waals surface area contributed by atoms with E-state index in [2.05, 4.69) is 5.32 Å². The van der Waals surface area contributed by atoms with Gasteiger partial charge < -0.3 is 10.2 Å². The molecule has 2 amide bonds. The molecule has 5 nitrogen and oxygen atoms in total. The monoisotopic (exact) mass is 333 g/mol. The second kappa shape index (κ2) is 6.78. The lowest BCUT2D eigenvalue weighted by Crippen LogP contribution is -2.28. The standard InChI is InChI=1S/C20H19N3O2/c1-13-4-3-5-18(14(13)2)23-12-16(10-19(23)24)20(25)22-17-8-6-15(11-21)7-9-17/h3-9,16H,10,12H2,1-2H3,(H,22,25)/t16-/m0/s1. The summed E-state index contributed by atoms with van der Waals surface area (Å²) < 4.78 is 0. The summed E-state index contributed by atoms with van der Waals surface area (Å²) in [6.07, 6.45) is 0.204. The molecule has 3 rings (SSSR count). The highest BCUT2D eigenvalue weighted by Crippen LogP contribution is 2.29. The van der Waals surface area contributed by atoms with Gasteiger partial charge in [-0.15, -0.1) is 0 Å². The van der Waals surface area contributed by atoms with Crippen LogP contribution in [0.25, 0.3) is 0 Å². The molecular weight excluding hydrogens is 314 g/mol. The van der Waals surface area contributed by atoms with E-state index < -0.39 is 0 Å². The molecule has 1 fully saturated rings. The molecule has 2 aromatic rings. The molecule has 0 aromatic heterocycles. The van der Waals surface area contributed by atoms with Crippen LogP contribution in [0.3, 0.4) is 0 Å². The van der Waals surface area contributed by atoms with Crippen molar-refractivity contribution in [1.29, 1.82) is 5.26 Å². The molecule has 0 saturated carbocycles. The van der Waals surface area contributed by atoms with E-state index in [0.717, 1.165) is 16.8 Å². The summed E-state index contributed by atoms with van der Waals surface area (Å²) in [5.41, 5.74) is 4.22. The molecule has 1 heterocycles. The molecule has 0 spiro atoms. The van der Waals surface area contributed by atoms with Gasteiger partial charge in [0.25, 0.3) is 0 Å². The summed E-state index contributed by atoms with van der Waals surface area (Å²) in [6.45, 7) is 4.38. The molecule has 0 bridgehead atoms. The van der Waals surface area contributed by atoms with Gasteiger partial charge in [0.2, 0.25) is 11.8 Å². The number of hydrogen-bond donors (Lipinski definition) is 1. The average molecular weight is 333 g/mol. The van der Waals surface area contributed by atoms with Gasteiger partial charge in [-0.2, -0.15) is 5.26 Å². The molecular formula is C20H19N3O2. The fourth-order valence-corrected chi connectivity index (χ4v) is 3.02. The van der Waals surface area contributed by atoms with Crippen molar-refractivity contribution in [2.45, 2.75) is 20.3 Å². The van der Waals surface area contributed by atoms with Crippen LogP contribution in [0, 0.1) is 31.1 Å². The van der Waals surface area contributed by atoms with E-state index in [0.29, 0.717) is 17.8 Å². The number of benzene rings is 2. The Morgan fingerprint density at radius 1 is 1.20 bits per heavy atom. The summed E-state index contributed by atoms with van der Waals surface area (Å²) in [6, 6.07) is 14.6. The first kappa shape index (κ1) is 16.7. The summed E-state index contributed by atoms with van der Waals surface area (Å²) in [5.74, 6) is -0.595. The Labute approximate surface area is 146 Å². The van der Waals surface area contributed by atoms with E-state index in [-0.39, 0.29) is 24.2 Å². The third kappa shape index (κ3) is 3.38. The van der Waals surface area contributed by atoms with Gasteiger partial charge in [-0.05, 0) is 55.3 Å². The van der Waals surface area contributed by atoms with Gasteiger partial charge in [0, 0.05) is 24.3 Å². The largest absolute Gasteiger partial charge is 0.326 e. The average Bonchev–Trinajstić information content (AvgIpc) is 3.00. The minimum absolute atomic E-state index is 0.0336. The highest BCUT2D eigenvalue weighted by Gasteiger charge is 2.35. The smallest absolute Gasteiger partial charge is 0.229 e. The Balaban J connectivity index is 1.72. The number of carbonyl (C=O) groups excluding carboxylic acids is 2. The predicted molar refractivity (Wildman–Crippen MR) is 96.2 cm³/mol. The molecule has 2 aromatic carbocycles. The minimum Gasteiger partial charge on any atom is -0.326 e. The van der Waals surface area contributed by atoms with Crippen LogP contribution in [0.4, 0.5) is 11.4 Å². The van der Waals surface area contributed by atoms with Gasteiger partial charge in [0.15, 0.2) is 0 Å². The number of nitrogens with one attached hydrogen (secondary N) is 1. The van der Waals surface area contributed by atoms with Crippen molar-refractivity contribution in [3.8, 4) is 6.07 Å². The summed E-state index contributed by atoms with van der Waals surface area (Å²) in [7, 11) is 0. The number of anilines is 2. The van der Waals surface area contributed by atoms with Gasteiger partial charge in [-0.25, -0.2) is 0 Å². The normalized spacial score (nSPS) is 16.6. The van der Waals surface area contributed by atoms with Crippen molar-refractivity contribution >= 4 is 23.2 Å². The topological polar surface area (TPSA) is 73.2 Å². The predicted octanol–water partition coefficient (Wildman–Crippen LogP) is 3.17. The number of aryl methyl sites for hydroxylation is 1. The Kier molecular flexibility index (Phi) is 4.53. The fourth-order valence-electron chi connectivity index (χ4n) is 3.02. The number of carbonyl (C=O) groups is 2. The van der Waals surface area contributed by atoms with Gasteiger partial charge in [-0.1, -0.05) is 12.1 Å². The lowest BCUT2D eigenvalue weighted by atomic mass is 10.1. The van der Waals surface area contributed by atoms with E-state index in [1.165, 1.54) is 0 Å². The van der Waals surface area contributed by atoms with E-state index >= 15 is 0 Å². The first-order valence-corrected chi connectivity index (χ1v) is 8.17. The second-order valence-corrected chi connectivity index (χ2v) is 6.30. The fraction of sp³-hybridized carbons (Fsp3) is 0.250. The number of hydrogen-bond acceptors (Lipinski definition) is 3. The lowest BCUT2D eigenvalue weighted by molar-refractivity contribution is -0.122. The van der Waals surface area contributed by atoms with Crippen molar-refractivity contribution < 1.29 is 9.59 Å². The molecule has 1 saturated heterocycles. The zero-order chi connectivity index (χ0) is 18.0. The molecule has 1 aliphatic heterocycles. The van der Waals surface area contributed by atoms with Gasteiger partial charge in [0.1, 0.15) is 0 Å². The number of amides is 2. The van der Waals surface area contributed by atoms with Gasteiger partial charge >= 0.3 is 0 Å².